The van der Waals surface area contributed by atoms with Gasteiger partial charge in [-0.1, -0.05) is 0 Å². The van der Waals surface area contributed by atoms with Crippen LogP contribution in [-0.4, -0.2) is 52.7 Å². The second-order valence-electron chi connectivity index (χ2n) is 6.36. The third-order valence-corrected chi connectivity index (χ3v) is 4.43. The van der Waals surface area contributed by atoms with Crippen LogP contribution in [0.2, 0.25) is 0 Å². The first kappa shape index (κ1) is 20.1. The number of rotatable bonds is 4. The summed E-state index contributed by atoms with van der Waals surface area (Å²) in [5.41, 5.74) is -2.34. The maximum absolute atomic E-state index is 13.5. The van der Waals surface area contributed by atoms with E-state index in [2.05, 4.69) is 19.8 Å². The monoisotopic (exact) mass is 431 g/mol. The highest BCUT2D eigenvalue weighted by atomic mass is 19.4. The summed E-state index contributed by atoms with van der Waals surface area (Å²) in [6, 6.07) is 2.34. The topological polar surface area (TPSA) is 85.3 Å². The Morgan fingerprint density at radius 1 is 1.20 bits per heavy atom. The van der Waals surface area contributed by atoms with E-state index in [4.69, 9.17) is 4.74 Å². The molecule has 0 spiro atoms. The number of nitrogens with zero attached hydrogens (tertiary/aromatic N) is 4. The molecular formula is C17H14F5N5O3. The average molecular weight is 431 g/mol. The lowest BCUT2D eigenvalue weighted by Gasteiger charge is -2.26. The van der Waals surface area contributed by atoms with E-state index in [1.54, 1.807) is 4.90 Å². The number of anilines is 1. The molecule has 0 unspecified atom stereocenters. The SMILES string of the molecule is O=c1[nH]c(N2CCOCC2)nc2nn(-c3ccc(OC(F)F)cc3C(F)(F)F)cc12. The Morgan fingerprint density at radius 3 is 2.60 bits per heavy atom. The predicted molar refractivity (Wildman–Crippen MR) is 94.2 cm³/mol. The van der Waals surface area contributed by atoms with E-state index in [0.717, 1.165) is 23.0 Å². The van der Waals surface area contributed by atoms with Crippen LogP contribution in [0.3, 0.4) is 0 Å². The molecule has 3 aromatic rings. The molecule has 1 fully saturated rings. The normalized spacial score (nSPS) is 15.2. The third kappa shape index (κ3) is 3.92. The fraction of sp³-hybridized carbons (Fsp3) is 0.353. The van der Waals surface area contributed by atoms with Crippen LogP contribution >= 0.6 is 0 Å². The van der Waals surface area contributed by atoms with Gasteiger partial charge in [0.2, 0.25) is 5.95 Å². The third-order valence-electron chi connectivity index (χ3n) is 4.43. The van der Waals surface area contributed by atoms with Crippen molar-refractivity contribution in [3.8, 4) is 11.4 Å². The van der Waals surface area contributed by atoms with E-state index in [1.165, 1.54) is 0 Å². The predicted octanol–water partition coefficient (Wildman–Crippen LogP) is 2.57. The summed E-state index contributed by atoms with van der Waals surface area (Å²) in [5, 5.41) is 3.98. The number of ether oxygens (including phenoxy) is 2. The van der Waals surface area contributed by atoms with Gasteiger partial charge in [0.25, 0.3) is 5.56 Å². The molecule has 0 saturated carbocycles. The number of alkyl halides is 5. The molecule has 0 bridgehead atoms. The number of halogens is 5. The quantitative estimate of drug-likeness (QED) is 0.640. The zero-order chi connectivity index (χ0) is 21.5. The first-order chi connectivity index (χ1) is 14.2. The van der Waals surface area contributed by atoms with Crippen molar-refractivity contribution in [3.05, 3.63) is 40.3 Å². The van der Waals surface area contributed by atoms with Gasteiger partial charge in [0, 0.05) is 19.3 Å². The molecule has 0 amide bonds. The van der Waals surface area contributed by atoms with Crippen LogP contribution in [0, 0.1) is 0 Å². The zero-order valence-electron chi connectivity index (χ0n) is 15.1. The second-order valence-corrected chi connectivity index (χ2v) is 6.36. The van der Waals surface area contributed by atoms with Crippen molar-refractivity contribution in [3.63, 3.8) is 0 Å². The van der Waals surface area contributed by atoms with Gasteiger partial charge in [-0.05, 0) is 18.2 Å². The Balaban J connectivity index is 1.79. The van der Waals surface area contributed by atoms with E-state index >= 15 is 0 Å². The van der Waals surface area contributed by atoms with Gasteiger partial charge in [0.15, 0.2) is 5.65 Å². The standard InChI is InChI=1S/C17H14F5N5O3/c18-15(19)30-9-1-2-12(11(7-9)17(20,21)22)27-8-10-13(25-27)23-16(24-14(10)28)26-3-5-29-6-4-26/h1-2,7-8,15H,3-6H2,(H,23,24,25,28). The van der Waals surface area contributed by atoms with Crippen LogP contribution in [0.5, 0.6) is 5.75 Å². The molecule has 0 aliphatic carbocycles. The number of benzene rings is 1. The number of nitrogens with one attached hydrogen (secondary N) is 1. The number of fused-ring (bicyclic) bond motifs is 1. The highest BCUT2D eigenvalue weighted by Gasteiger charge is 2.35. The van der Waals surface area contributed by atoms with Crippen LogP contribution in [0.4, 0.5) is 27.9 Å². The first-order valence-corrected chi connectivity index (χ1v) is 8.71. The van der Waals surface area contributed by atoms with Gasteiger partial charge < -0.3 is 14.4 Å². The molecule has 0 radical (unpaired) electrons. The Morgan fingerprint density at radius 2 is 1.93 bits per heavy atom. The average Bonchev–Trinajstić information content (AvgIpc) is 3.12. The maximum atomic E-state index is 13.5. The Hall–Kier alpha value is -3.22. The minimum atomic E-state index is -4.88. The zero-order valence-corrected chi connectivity index (χ0v) is 15.1. The minimum Gasteiger partial charge on any atom is -0.435 e. The smallest absolute Gasteiger partial charge is 0.418 e. The summed E-state index contributed by atoms with van der Waals surface area (Å²) >= 11 is 0. The van der Waals surface area contributed by atoms with E-state index in [-0.39, 0.29) is 17.0 Å². The van der Waals surface area contributed by atoms with Crippen LogP contribution in [-0.2, 0) is 10.9 Å². The van der Waals surface area contributed by atoms with Gasteiger partial charge in [-0.15, -0.1) is 5.10 Å². The fourth-order valence-electron chi connectivity index (χ4n) is 3.07. The largest absolute Gasteiger partial charge is 0.435 e. The Labute approximate surface area is 164 Å². The fourth-order valence-corrected chi connectivity index (χ4v) is 3.07. The van der Waals surface area contributed by atoms with E-state index in [0.29, 0.717) is 32.4 Å². The molecule has 160 valence electrons. The van der Waals surface area contributed by atoms with Gasteiger partial charge in [-0.25, -0.2) is 4.68 Å². The lowest BCUT2D eigenvalue weighted by Crippen LogP contribution is -2.38. The molecular weight excluding hydrogens is 417 g/mol. The summed E-state index contributed by atoms with van der Waals surface area (Å²) in [6.07, 6.45) is -3.78. The summed E-state index contributed by atoms with van der Waals surface area (Å²) in [7, 11) is 0. The van der Waals surface area contributed by atoms with Crippen LogP contribution in [0.15, 0.2) is 29.2 Å². The molecule has 3 heterocycles. The summed E-state index contributed by atoms with van der Waals surface area (Å²) in [5.74, 6) is -0.416. The molecule has 30 heavy (non-hydrogen) atoms. The van der Waals surface area contributed by atoms with Crippen molar-refractivity contribution in [1.82, 2.24) is 19.7 Å². The van der Waals surface area contributed by atoms with Crippen LogP contribution in [0.25, 0.3) is 16.7 Å². The van der Waals surface area contributed by atoms with Gasteiger partial charge >= 0.3 is 12.8 Å². The van der Waals surface area contributed by atoms with Gasteiger partial charge in [-0.2, -0.15) is 26.9 Å². The van der Waals surface area contributed by atoms with Crippen molar-refractivity contribution in [2.75, 3.05) is 31.2 Å². The highest BCUT2D eigenvalue weighted by Crippen LogP contribution is 2.36. The van der Waals surface area contributed by atoms with Crippen molar-refractivity contribution < 1.29 is 31.4 Å². The first-order valence-electron chi connectivity index (χ1n) is 8.71. The van der Waals surface area contributed by atoms with Gasteiger partial charge in [-0.3, -0.25) is 9.78 Å². The minimum absolute atomic E-state index is 0.0203. The summed E-state index contributed by atoms with van der Waals surface area (Å²) in [6.45, 7) is -1.42. The number of morpholine rings is 1. The van der Waals surface area contributed by atoms with Gasteiger partial charge in [0.05, 0.1) is 24.5 Å². The molecule has 13 heteroatoms. The maximum Gasteiger partial charge on any atom is 0.418 e. The molecule has 1 N–H and O–H groups in total. The molecule has 1 saturated heterocycles. The molecule has 1 aliphatic rings. The van der Waals surface area contributed by atoms with Crippen molar-refractivity contribution in [2.45, 2.75) is 12.8 Å². The Kier molecular flexibility index (Phi) is 5.05. The number of hydrogen-bond donors (Lipinski definition) is 1. The highest BCUT2D eigenvalue weighted by molar-refractivity contribution is 5.75. The summed E-state index contributed by atoms with van der Waals surface area (Å²) in [4.78, 5) is 21.0. The number of H-pyrrole nitrogens is 1. The second kappa shape index (κ2) is 7.55. The van der Waals surface area contributed by atoms with E-state index in [1.807, 2.05) is 0 Å². The molecule has 1 aliphatic heterocycles. The van der Waals surface area contributed by atoms with Crippen LogP contribution in [0.1, 0.15) is 5.56 Å². The molecule has 0 atom stereocenters. The van der Waals surface area contributed by atoms with Gasteiger partial charge in [0.1, 0.15) is 11.1 Å². The number of aromatic nitrogens is 4. The lowest BCUT2D eigenvalue weighted by atomic mass is 10.1. The molecule has 1 aromatic carbocycles. The van der Waals surface area contributed by atoms with E-state index in [9.17, 15) is 26.7 Å². The Bertz CT molecular complexity index is 1120. The van der Waals surface area contributed by atoms with Crippen LogP contribution < -0.4 is 15.2 Å². The lowest BCUT2D eigenvalue weighted by molar-refractivity contribution is -0.138. The molecule has 8 nitrogen and oxygen atoms in total. The molecule has 4 rings (SSSR count). The van der Waals surface area contributed by atoms with Crippen molar-refractivity contribution in [2.24, 2.45) is 0 Å². The molecule has 2 aromatic heterocycles. The number of aromatic amines is 1. The number of hydrogen-bond acceptors (Lipinski definition) is 6. The summed E-state index contributed by atoms with van der Waals surface area (Å²) < 4.78 is 75.4. The van der Waals surface area contributed by atoms with Crippen molar-refractivity contribution in [1.29, 1.82) is 0 Å². The van der Waals surface area contributed by atoms with Crippen molar-refractivity contribution >= 4 is 17.0 Å². The van der Waals surface area contributed by atoms with E-state index < -0.39 is 35.3 Å².